The molecule has 49 heavy (non-hydrogen) atoms. The largest absolute Gasteiger partial charge is 0.455 e. The van der Waals surface area contributed by atoms with E-state index in [1.54, 1.807) is 0 Å². The van der Waals surface area contributed by atoms with Crippen LogP contribution in [0.15, 0.2) is 162 Å². The molecule has 0 N–H and O–H groups in total. The number of hydrogen-bond donors (Lipinski definition) is 0. The Morgan fingerprint density at radius 1 is 0.286 bits per heavy atom. The lowest BCUT2D eigenvalue weighted by Gasteiger charge is -2.16. The zero-order chi connectivity index (χ0) is 31.8. The zero-order valence-corrected chi connectivity index (χ0v) is 26.4. The topological polar surface area (TPSA) is 13.1 Å². The van der Waals surface area contributed by atoms with E-state index in [4.69, 9.17) is 4.42 Å². The van der Waals surface area contributed by atoms with Gasteiger partial charge in [-0.3, -0.25) is 0 Å². The molecule has 0 saturated carbocycles. The van der Waals surface area contributed by atoms with Crippen LogP contribution in [-0.2, 0) is 0 Å². The Kier molecular flexibility index (Phi) is 4.77. The monoisotopic (exact) mass is 618 g/mol. The summed E-state index contributed by atoms with van der Waals surface area (Å²) in [6, 6.07) is 58.4. The molecule has 11 aromatic carbocycles. The second kappa shape index (κ2) is 9.13. The Bertz CT molecular complexity index is 3240. The molecule has 0 aliphatic rings. The van der Waals surface area contributed by atoms with Crippen LogP contribution in [0.5, 0.6) is 0 Å². The highest BCUT2D eigenvalue weighted by atomic mass is 16.3. The van der Waals surface area contributed by atoms with Gasteiger partial charge in [0, 0.05) is 16.3 Å². The SMILES string of the molecule is c1ccc2cc3c(cc2c1)oc1c(-c2ccc4ccc5cccc6ccc2c4c56)ccc(-c2cc4ccc5cccc6ccc(c2)c4c56)c13. The van der Waals surface area contributed by atoms with Gasteiger partial charge in [-0.05, 0) is 122 Å². The molecule has 0 saturated heterocycles. The van der Waals surface area contributed by atoms with E-state index in [1.807, 2.05) is 0 Å². The highest BCUT2D eigenvalue weighted by Gasteiger charge is 2.21. The molecule has 1 nitrogen and oxygen atoms in total. The van der Waals surface area contributed by atoms with Crippen molar-refractivity contribution in [2.75, 3.05) is 0 Å². The van der Waals surface area contributed by atoms with Gasteiger partial charge in [-0.2, -0.15) is 0 Å². The highest BCUT2D eigenvalue weighted by molar-refractivity contribution is 6.28. The smallest absolute Gasteiger partial charge is 0.143 e. The van der Waals surface area contributed by atoms with Crippen molar-refractivity contribution in [2.24, 2.45) is 0 Å². The first kappa shape index (κ1) is 25.6. The van der Waals surface area contributed by atoms with E-state index in [1.165, 1.54) is 92.1 Å². The third-order valence-corrected chi connectivity index (χ3v) is 11.1. The first-order valence-electron chi connectivity index (χ1n) is 17.0. The molecule has 1 heterocycles. The van der Waals surface area contributed by atoms with E-state index in [0.717, 1.165) is 27.5 Å². The van der Waals surface area contributed by atoms with Crippen molar-refractivity contribution >= 4 is 97.3 Å². The highest BCUT2D eigenvalue weighted by Crippen LogP contribution is 2.47. The normalized spacial score (nSPS) is 12.5. The molecule has 0 aliphatic carbocycles. The fraction of sp³-hybridized carbons (Fsp3) is 0. The van der Waals surface area contributed by atoms with Crippen LogP contribution in [0.4, 0.5) is 0 Å². The first-order valence-corrected chi connectivity index (χ1v) is 17.0. The summed E-state index contributed by atoms with van der Waals surface area (Å²) in [5.74, 6) is 0. The minimum atomic E-state index is 0.915. The maximum Gasteiger partial charge on any atom is 0.143 e. The van der Waals surface area contributed by atoms with Crippen molar-refractivity contribution in [3.63, 3.8) is 0 Å². The summed E-state index contributed by atoms with van der Waals surface area (Å²) in [4.78, 5) is 0. The summed E-state index contributed by atoms with van der Waals surface area (Å²) in [6.45, 7) is 0. The van der Waals surface area contributed by atoms with Crippen LogP contribution in [-0.4, -0.2) is 0 Å². The molecule has 224 valence electrons. The number of fused-ring (bicyclic) bond motifs is 4. The second-order valence-corrected chi connectivity index (χ2v) is 13.6. The third-order valence-electron chi connectivity index (χ3n) is 11.1. The fourth-order valence-electron chi connectivity index (χ4n) is 8.90. The van der Waals surface area contributed by atoms with Crippen LogP contribution < -0.4 is 0 Å². The Labute approximate surface area is 280 Å². The molecular weight excluding hydrogens is 593 g/mol. The average molecular weight is 619 g/mol. The molecular formula is C48H26O. The summed E-state index contributed by atoms with van der Waals surface area (Å²) < 4.78 is 7.00. The van der Waals surface area contributed by atoms with E-state index >= 15 is 0 Å². The van der Waals surface area contributed by atoms with Crippen molar-refractivity contribution in [1.82, 2.24) is 0 Å². The Hall–Kier alpha value is -6.44. The minimum absolute atomic E-state index is 0.915. The van der Waals surface area contributed by atoms with Gasteiger partial charge in [0.2, 0.25) is 0 Å². The summed E-state index contributed by atoms with van der Waals surface area (Å²) in [7, 11) is 0. The number of hydrogen-bond acceptors (Lipinski definition) is 1. The van der Waals surface area contributed by atoms with Crippen LogP contribution >= 0.6 is 0 Å². The van der Waals surface area contributed by atoms with Gasteiger partial charge < -0.3 is 4.42 Å². The van der Waals surface area contributed by atoms with Gasteiger partial charge in [0.15, 0.2) is 0 Å². The zero-order valence-electron chi connectivity index (χ0n) is 26.4. The molecule has 12 aromatic rings. The molecule has 0 amide bonds. The van der Waals surface area contributed by atoms with Gasteiger partial charge >= 0.3 is 0 Å². The first-order chi connectivity index (χ1) is 24.3. The van der Waals surface area contributed by atoms with Gasteiger partial charge in [-0.25, -0.2) is 0 Å². The molecule has 0 bridgehead atoms. The van der Waals surface area contributed by atoms with Crippen LogP contribution in [0.2, 0.25) is 0 Å². The second-order valence-electron chi connectivity index (χ2n) is 13.6. The number of benzene rings is 11. The van der Waals surface area contributed by atoms with Crippen LogP contribution in [0.25, 0.3) is 120 Å². The van der Waals surface area contributed by atoms with Gasteiger partial charge in [0.1, 0.15) is 11.2 Å². The molecule has 0 spiro atoms. The van der Waals surface area contributed by atoms with Crippen molar-refractivity contribution in [1.29, 1.82) is 0 Å². The standard InChI is InChI=1S/C48H26O/c1-2-6-33-26-42-41(25-32(33)5-1)47-37(36-23-34-15-13-27-7-3-8-28-14-16-35(24-36)45(34)43(27)28)21-22-40(48(47)49-42)38-19-17-31-12-11-29-9-4-10-30-18-20-39(38)46(31)44(29)30/h1-26H. The molecule has 0 aliphatic heterocycles. The van der Waals surface area contributed by atoms with Crippen LogP contribution in [0.3, 0.4) is 0 Å². The molecule has 1 aromatic heterocycles. The lowest BCUT2D eigenvalue weighted by atomic mass is 9.87. The summed E-state index contributed by atoms with van der Waals surface area (Å²) >= 11 is 0. The van der Waals surface area contributed by atoms with Crippen molar-refractivity contribution in [2.45, 2.75) is 0 Å². The van der Waals surface area contributed by atoms with Gasteiger partial charge in [0.25, 0.3) is 0 Å². The molecule has 0 fully saturated rings. The van der Waals surface area contributed by atoms with Gasteiger partial charge in [-0.1, -0.05) is 127 Å². The number of furan rings is 1. The van der Waals surface area contributed by atoms with Gasteiger partial charge in [-0.15, -0.1) is 0 Å². The maximum atomic E-state index is 7.00. The van der Waals surface area contributed by atoms with E-state index < -0.39 is 0 Å². The molecule has 12 rings (SSSR count). The minimum Gasteiger partial charge on any atom is -0.455 e. The van der Waals surface area contributed by atoms with Crippen LogP contribution in [0.1, 0.15) is 0 Å². The third kappa shape index (κ3) is 3.39. The predicted molar refractivity (Wildman–Crippen MR) is 210 cm³/mol. The fourth-order valence-corrected chi connectivity index (χ4v) is 8.90. The quantitative estimate of drug-likeness (QED) is 0.176. The molecule has 0 unspecified atom stereocenters. The lowest BCUT2D eigenvalue weighted by Crippen LogP contribution is -1.89. The average Bonchev–Trinajstić information content (AvgIpc) is 3.53. The predicted octanol–water partition coefficient (Wildman–Crippen LogP) is 13.9. The summed E-state index contributed by atoms with van der Waals surface area (Å²) in [6.07, 6.45) is 0. The molecule has 0 radical (unpaired) electrons. The number of rotatable bonds is 2. The van der Waals surface area contributed by atoms with Crippen molar-refractivity contribution < 1.29 is 4.42 Å². The van der Waals surface area contributed by atoms with E-state index in [-0.39, 0.29) is 0 Å². The van der Waals surface area contributed by atoms with E-state index in [0.29, 0.717) is 0 Å². The van der Waals surface area contributed by atoms with Gasteiger partial charge in [0.05, 0.1) is 0 Å². The Balaban J connectivity index is 1.20. The Morgan fingerprint density at radius 2 is 0.776 bits per heavy atom. The van der Waals surface area contributed by atoms with Crippen molar-refractivity contribution in [3.8, 4) is 22.3 Å². The van der Waals surface area contributed by atoms with Crippen LogP contribution in [0, 0.1) is 0 Å². The van der Waals surface area contributed by atoms with E-state index in [9.17, 15) is 0 Å². The molecule has 1 heteroatoms. The summed E-state index contributed by atoms with van der Waals surface area (Å²) in [5, 5.41) is 20.2. The molecule has 0 atom stereocenters. The Morgan fingerprint density at radius 3 is 1.47 bits per heavy atom. The summed E-state index contributed by atoms with van der Waals surface area (Å²) in [5.41, 5.74) is 6.56. The van der Waals surface area contributed by atoms with E-state index in [2.05, 4.69) is 158 Å². The lowest BCUT2D eigenvalue weighted by molar-refractivity contribution is 0.670. The maximum absolute atomic E-state index is 7.00. The van der Waals surface area contributed by atoms with Crippen molar-refractivity contribution in [3.05, 3.63) is 158 Å².